The van der Waals surface area contributed by atoms with E-state index in [0.717, 1.165) is 15.5 Å². The summed E-state index contributed by atoms with van der Waals surface area (Å²) in [6.07, 6.45) is 1.02. The molecule has 1 atom stereocenters. The lowest BCUT2D eigenvalue weighted by atomic mass is 10.2. The van der Waals surface area contributed by atoms with Gasteiger partial charge in [0, 0.05) is 17.3 Å². The summed E-state index contributed by atoms with van der Waals surface area (Å²) in [5.74, 6) is 0. The minimum absolute atomic E-state index is 0.378. The van der Waals surface area contributed by atoms with Gasteiger partial charge >= 0.3 is 0 Å². The maximum Gasteiger partial charge on any atom is 0.206 e. The fourth-order valence-electron chi connectivity index (χ4n) is 1.26. The Morgan fingerprint density at radius 3 is 3.00 bits per heavy atom. The lowest BCUT2D eigenvalue weighted by molar-refractivity contribution is 0.795. The second-order valence-electron chi connectivity index (χ2n) is 3.19. The van der Waals surface area contributed by atoms with E-state index >= 15 is 0 Å². The van der Waals surface area contributed by atoms with Crippen LogP contribution >= 0.6 is 38.6 Å². The highest BCUT2D eigenvalue weighted by atomic mass is 79.9. The molecule has 3 nitrogen and oxygen atoms in total. The van der Waals surface area contributed by atoms with Gasteiger partial charge in [0.2, 0.25) is 5.13 Å². The summed E-state index contributed by atoms with van der Waals surface area (Å²) < 4.78 is 0.813. The number of halogens is 1. The van der Waals surface area contributed by atoms with E-state index in [1.165, 1.54) is 16.2 Å². The summed E-state index contributed by atoms with van der Waals surface area (Å²) in [6, 6.07) is 4.61. The minimum atomic E-state index is 0.378. The molecule has 0 aliphatic carbocycles. The highest BCUT2D eigenvalue weighted by molar-refractivity contribution is 9.11. The smallest absolute Gasteiger partial charge is 0.206 e. The first-order valence-electron chi connectivity index (χ1n) is 4.52. The first-order chi connectivity index (χ1) is 7.24. The van der Waals surface area contributed by atoms with E-state index < -0.39 is 0 Å². The van der Waals surface area contributed by atoms with Gasteiger partial charge in [-0.25, -0.2) is 0 Å². The molecular weight excluding hydrogens is 294 g/mol. The molecule has 80 valence electrons. The average molecular weight is 304 g/mol. The lowest BCUT2D eigenvalue weighted by Gasteiger charge is -2.10. The molecule has 2 rings (SSSR count). The van der Waals surface area contributed by atoms with Gasteiger partial charge in [0.1, 0.15) is 0 Å². The molecule has 0 spiro atoms. The van der Waals surface area contributed by atoms with Gasteiger partial charge in [-0.1, -0.05) is 17.4 Å². The highest BCUT2D eigenvalue weighted by Gasteiger charge is 2.07. The average Bonchev–Trinajstić information content (AvgIpc) is 2.77. The minimum Gasteiger partial charge on any atom is -0.357 e. The normalized spacial score (nSPS) is 12.7. The quantitative estimate of drug-likeness (QED) is 0.940. The Balaban J connectivity index is 1.90. The monoisotopic (exact) mass is 303 g/mol. The van der Waals surface area contributed by atoms with E-state index in [-0.39, 0.29) is 0 Å². The van der Waals surface area contributed by atoms with Gasteiger partial charge in [0.05, 0.1) is 0 Å². The Bertz CT molecular complexity index is 413. The maximum atomic E-state index is 4.00. The third-order valence-electron chi connectivity index (χ3n) is 1.86. The maximum absolute atomic E-state index is 4.00. The SMILES string of the molecule is CC(Cc1cccs1)Nc1nnc(Br)s1. The summed E-state index contributed by atoms with van der Waals surface area (Å²) in [5, 5.41) is 14.2. The fourth-order valence-corrected chi connectivity index (χ4v) is 3.21. The van der Waals surface area contributed by atoms with E-state index in [1.807, 2.05) is 0 Å². The van der Waals surface area contributed by atoms with Crippen LogP contribution in [0.5, 0.6) is 0 Å². The molecule has 0 saturated heterocycles. The van der Waals surface area contributed by atoms with Gasteiger partial charge in [0.25, 0.3) is 0 Å². The van der Waals surface area contributed by atoms with Crippen LogP contribution < -0.4 is 5.32 Å². The van der Waals surface area contributed by atoms with Crippen LogP contribution in [0.1, 0.15) is 11.8 Å². The first-order valence-corrected chi connectivity index (χ1v) is 7.01. The predicted octanol–water partition coefficient (Wildman–Crippen LogP) is 3.41. The molecule has 1 N–H and O–H groups in total. The van der Waals surface area contributed by atoms with Gasteiger partial charge in [-0.15, -0.1) is 21.5 Å². The van der Waals surface area contributed by atoms with E-state index in [1.54, 1.807) is 11.3 Å². The number of thiophene rings is 1. The van der Waals surface area contributed by atoms with E-state index in [2.05, 4.69) is 55.9 Å². The predicted molar refractivity (Wildman–Crippen MR) is 68.7 cm³/mol. The number of nitrogens with one attached hydrogen (secondary N) is 1. The highest BCUT2D eigenvalue weighted by Crippen LogP contribution is 2.21. The molecule has 15 heavy (non-hydrogen) atoms. The van der Waals surface area contributed by atoms with Crippen molar-refractivity contribution in [3.8, 4) is 0 Å². The van der Waals surface area contributed by atoms with Crippen LogP contribution in [0.4, 0.5) is 5.13 Å². The molecule has 2 heterocycles. The zero-order valence-electron chi connectivity index (χ0n) is 8.11. The molecule has 0 aliphatic rings. The Hall–Kier alpha value is -0.460. The molecule has 2 aromatic heterocycles. The van der Waals surface area contributed by atoms with Gasteiger partial charge < -0.3 is 5.32 Å². The van der Waals surface area contributed by atoms with Gasteiger partial charge in [-0.05, 0) is 34.3 Å². The zero-order chi connectivity index (χ0) is 10.7. The molecule has 0 amide bonds. The third kappa shape index (κ3) is 3.25. The van der Waals surface area contributed by atoms with Crippen LogP contribution in [0.25, 0.3) is 0 Å². The Morgan fingerprint density at radius 2 is 2.40 bits per heavy atom. The zero-order valence-corrected chi connectivity index (χ0v) is 11.3. The van der Waals surface area contributed by atoms with Crippen LogP contribution in [-0.4, -0.2) is 16.2 Å². The summed E-state index contributed by atoms with van der Waals surface area (Å²) in [5.41, 5.74) is 0. The van der Waals surface area contributed by atoms with E-state index in [9.17, 15) is 0 Å². The van der Waals surface area contributed by atoms with Crippen molar-refractivity contribution >= 4 is 43.7 Å². The van der Waals surface area contributed by atoms with Crippen LogP contribution in [-0.2, 0) is 6.42 Å². The molecule has 0 bridgehead atoms. The number of hydrogen-bond donors (Lipinski definition) is 1. The van der Waals surface area contributed by atoms with Gasteiger partial charge in [0.15, 0.2) is 3.92 Å². The van der Waals surface area contributed by atoms with Crippen molar-refractivity contribution in [3.63, 3.8) is 0 Å². The second kappa shape index (κ2) is 5.05. The number of anilines is 1. The molecule has 0 aliphatic heterocycles. The molecular formula is C9H10BrN3S2. The van der Waals surface area contributed by atoms with Crippen molar-refractivity contribution in [1.82, 2.24) is 10.2 Å². The van der Waals surface area contributed by atoms with E-state index in [4.69, 9.17) is 0 Å². The summed E-state index contributed by atoms with van der Waals surface area (Å²) in [4.78, 5) is 1.39. The molecule has 0 aromatic carbocycles. The number of rotatable bonds is 4. The van der Waals surface area contributed by atoms with Crippen LogP contribution in [0, 0.1) is 0 Å². The van der Waals surface area contributed by atoms with Crippen molar-refractivity contribution < 1.29 is 0 Å². The number of nitrogens with zero attached hydrogens (tertiary/aromatic N) is 2. The Kier molecular flexibility index (Phi) is 3.71. The van der Waals surface area contributed by atoms with Crippen molar-refractivity contribution in [3.05, 3.63) is 26.3 Å². The second-order valence-corrected chi connectivity index (χ2v) is 6.47. The van der Waals surface area contributed by atoms with Crippen molar-refractivity contribution in [2.45, 2.75) is 19.4 Å². The van der Waals surface area contributed by atoms with Crippen molar-refractivity contribution in [1.29, 1.82) is 0 Å². The summed E-state index contributed by atoms with van der Waals surface area (Å²) in [7, 11) is 0. The molecule has 1 unspecified atom stereocenters. The Labute approximate surface area is 105 Å². The van der Waals surface area contributed by atoms with Gasteiger partial charge in [-0.2, -0.15) is 0 Å². The van der Waals surface area contributed by atoms with Crippen molar-refractivity contribution in [2.24, 2.45) is 0 Å². The molecule has 0 fully saturated rings. The largest absolute Gasteiger partial charge is 0.357 e. The van der Waals surface area contributed by atoms with E-state index in [0.29, 0.717) is 6.04 Å². The standard InChI is InChI=1S/C9H10BrN3S2/c1-6(5-7-3-2-4-14-7)11-9-13-12-8(10)15-9/h2-4,6H,5H2,1H3,(H,11,13). The molecule has 0 saturated carbocycles. The van der Waals surface area contributed by atoms with Crippen LogP contribution in [0.3, 0.4) is 0 Å². The number of aromatic nitrogens is 2. The van der Waals surface area contributed by atoms with Crippen LogP contribution in [0.15, 0.2) is 21.4 Å². The summed E-state index contributed by atoms with van der Waals surface area (Å²) >= 11 is 6.59. The first kappa shape index (κ1) is 11.0. The number of hydrogen-bond acceptors (Lipinski definition) is 5. The molecule has 0 radical (unpaired) electrons. The molecule has 6 heteroatoms. The third-order valence-corrected chi connectivity index (χ3v) is 4.04. The fraction of sp³-hybridized carbons (Fsp3) is 0.333. The van der Waals surface area contributed by atoms with Gasteiger partial charge in [-0.3, -0.25) is 0 Å². The Morgan fingerprint density at radius 1 is 1.53 bits per heavy atom. The van der Waals surface area contributed by atoms with Crippen LogP contribution in [0.2, 0.25) is 0 Å². The summed E-state index contributed by atoms with van der Waals surface area (Å²) in [6.45, 7) is 2.15. The van der Waals surface area contributed by atoms with Crippen molar-refractivity contribution in [2.75, 3.05) is 5.32 Å². The topological polar surface area (TPSA) is 37.8 Å². The lowest BCUT2D eigenvalue weighted by Crippen LogP contribution is -2.17. The molecule has 2 aromatic rings.